The van der Waals surface area contributed by atoms with E-state index in [9.17, 15) is 4.79 Å². The highest BCUT2D eigenvalue weighted by Gasteiger charge is 2.26. The number of aromatic amines is 1. The van der Waals surface area contributed by atoms with Crippen molar-refractivity contribution < 1.29 is 9.16 Å². The molecule has 7 heteroatoms. The average Bonchev–Trinajstić information content (AvgIpc) is 2.38. The molecule has 0 aliphatic carbocycles. The summed E-state index contributed by atoms with van der Waals surface area (Å²) in [5.74, 6) is 0. The molecule has 0 fully saturated rings. The highest BCUT2D eigenvalue weighted by molar-refractivity contribution is 7.71. The van der Waals surface area contributed by atoms with Crippen LogP contribution in [-0.2, 0) is 22.3 Å². The molecule has 0 aliphatic rings. The highest BCUT2D eigenvalue weighted by Crippen LogP contribution is 2.23. The summed E-state index contributed by atoms with van der Waals surface area (Å²) in [5, 5.41) is 0. The predicted molar refractivity (Wildman–Crippen MR) is 94.4 cm³/mol. The summed E-state index contributed by atoms with van der Waals surface area (Å²) >= 11 is 5.17. The van der Waals surface area contributed by atoms with Gasteiger partial charge in [0.25, 0.3) is 5.56 Å². The van der Waals surface area contributed by atoms with E-state index in [2.05, 4.69) is 38.8 Å². The number of ether oxygens (including phenoxy) is 1. The maximum absolute atomic E-state index is 11.7. The van der Waals surface area contributed by atoms with Crippen molar-refractivity contribution in [2.45, 2.75) is 60.0 Å². The van der Waals surface area contributed by atoms with Crippen LogP contribution in [0.1, 0.15) is 33.3 Å². The van der Waals surface area contributed by atoms with Crippen LogP contribution in [0.3, 0.4) is 0 Å². The molecule has 1 heterocycles. The fraction of sp³-hybridized carbons (Fsp3) is 0.733. The van der Waals surface area contributed by atoms with E-state index >= 15 is 0 Å². The van der Waals surface area contributed by atoms with Crippen LogP contribution >= 0.6 is 12.2 Å². The van der Waals surface area contributed by atoms with Crippen LogP contribution in [0.25, 0.3) is 0 Å². The van der Waals surface area contributed by atoms with E-state index in [1.165, 1.54) is 0 Å². The van der Waals surface area contributed by atoms with E-state index in [0.717, 1.165) is 0 Å². The smallest absolute Gasteiger partial charge is 0.254 e. The lowest BCUT2D eigenvalue weighted by molar-refractivity contribution is -0.0288. The maximum atomic E-state index is 11.7. The molecule has 0 aromatic carbocycles. The Balaban J connectivity index is 2.73. The van der Waals surface area contributed by atoms with Gasteiger partial charge < -0.3 is 13.7 Å². The Morgan fingerprint density at radius 2 is 2.05 bits per heavy atom. The molecule has 0 radical (unpaired) electrons. The molecule has 1 atom stereocenters. The molecule has 22 heavy (non-hydrogen) atoms. The maximum Gasteiger partial charge on any atom is 0.254 e. The lowest BCUT2D eigenvalue weighted by Gasteiger charge is -2.32. The van der Waals surface area contributed by atoms with Gasteiger partial charge in [0.1, 0.15) is 6.73 Å². The Bertz CT molecular complexity index is 590. The topological polar surface area (TPSA) is 56.2 Å². The minimum Gasteiger partial charge on any atom is -0.415 e. The van der Waals surface area contributed by atoms with Crippen molar-refractivity contribution in [2.24, 2.45) is 5.41 Å². The first kappa shape index (κ1) is 19.3. The van der Waals surface area contributed by atoms with Gasteiger partial charge in [-0.3, -0.25) is 9.78 Å². The van der Waals surface area contributed by atoms with Gasteiger partial charge in [-0.25, -0.2) is 0 Å². The van der Waals surface area contributed by atoms with Gasteiger partial charge in [-0.15, -0.1) is 0 Å². The second kappa shape index (κ2) is 8.19. The third kappa shape index (κ3) is 5.79. The first-order valence-corrected chi connectivity index (χ1v) is 10.9. The number of H-pyrrole nitrogens is 1. The number of aromatic nitrogens is 2. The second-order valence-electron chi connectivity index (χ2n) is 6.78. The van der Waals surface area contributed by atoms with Gasteiger partial charge in [0.15, 0.2) is 13.8 Å². The summed E-state index contributed by atoms with van der Waals surface area (Å²) in [4.78, 5) is 14.3. The third-order valence-electron chi connectivity index (χ3n) is 3.37. The Hall–Kier alpha value is -0.763. The number of hydrogen-bond acceptors (Lipinski definition) is 4. The minimum absolute atomic E-state index is 0.0261. The van der Waals surface area contributed by atoms with Crippen molar-refractivity contribution in [2.75, 3.05) is 6.61 Å². The van der Waals surface area contributed by atoms with Gasteiger partial charge in [0.05, 0.1) is 12.7 Å². The predicted octanol–water partition coefficient (Wildman–Crippen LogP) is 2.86. The van der Waals surface area contributed by atoms with Crippen molar-refractivity contribution >= 4 is 21.3 Å². The van der Waals surface area contributed by atoms with Gasteiger partial charge >= 0.3 is 0 Å². The van der Waals surface area contributed by atoms with E-state index in [1.54, 1.807) is 10.8 Å². The van der Waals surface area contributed by atoms with Crippen molar-refractivity contribution in [1.29, 1.82) is 0 Å². The fourth-order valence-corrected chi connectivity index (χ4v) is 3.32. The van der Waals surface area contributed by atoms with Gasteiger partial charge in [-0.2, -0.15) is 0 Å². The molecule has 1 aromatic rings. The summed E-state index contributed by atoms with van der Waals surface area (Å²) in [6, 6.07) is 0. The third-order valence-corrected chi connectivity index (χ3v) is 4.58. The van der Waals surface area contributed by atoms with Crippen LogP contribution in [0, 0.1) is 10.2 Å². The quantitative estimate of drug-likeness (QED) is 0.610. The molecule has 1 unspecified atom stereocenters. The number of nitrogens with zero attached hydrogens (tertiary/aromatic N) is 1. The monoisotopic (exact) mass is 344 g/mol. The number of nitrogens with one attached hydrogen (secondary N) is 1. The van der Waals surface area contributed by atoms with E-state index < -0.39 is 9.04 Å². The largest absolute Gasteiger partial charge is 0.415 e. The zero-order valence-electron chi connectivity index (χ0n) is 14.4. The van der Waals surface area contributed by atoms with Gasteiger partial charge in [0, 0.05) is 11.8 Å². The molecular weight excluding hydrogens is 316 g/mol. The molecular formula is C15H28N2O3SSi. The minimum atomic E-state index is -1.13. The van der Waals surface area contributed by atoms with Crippen LogP contribution in [-0.4, -0.2) is 31.3 Å². The van der Waals surface area contributed by atoms with Crippen molar-refractivity contribution in [3.63, 3.8) is 0 Å². The Morgan fingerprint density at radius 1 is 1.41 bits per heavy atom. The molecule has 0 amide bonds. The molecule has 0 saturated heterocycles. The van der Waals surface area contributed by atoms with Crippen LogP contribution in [0.15, 0.2) is 11.0 Å². The Kier molecular flexibility index (Phi) is 7.18. The lowest BCUT2D eigenvalue weighted by atomic mass is 9.90. The summed E-state index contributed by atoms with van der Waals surface area (Å²) in [6.45, 7) is 13.5. The van der Waals surface area contributed by atoms with Gasteiger partial charge in [0.2, 0.25) is 0 Å². The summed E-state index contributed by atoms with van der Waals surface area (Å²) in [5.41, 5.74) is 0.610. The zero-order chi connectivity index (χ0) is 16.9. The SMILES string of the molecule is CCc1cn(COCC(O[SiH](C)C)C(C)(C)C)c(=S)[nH]c1=O. The Labute approximate surface area is 139 Å². The van der Waals surface area contributed by atoms with E-state index in [0.29, 0.717) is 30.1 Å². The highest BCUT2D eigenvalue weighted by atomic mass is 32.1. The summed E-state index contributed by atoms with van der Waals surface area (Å²) < 4.78 is 14.0. The zero-order valence-corrected chi connectivity index (χ0v) is 16.4. The van der Waals surface area contributed by atoms with Crippen LogP contribution in [0.4, 0.5) is 0 Å². The van der Waals surface area contributed by atoms with Gasteiger partial charge in [-0.05, 0) is 37.1 Å². The van der Waals surface area contributed by atoms with Gasteiger partial charge in [-0.1, -0.05) is 27.7 Å². The molecule has 1 aromatic heterocycles. The summed E-state index contributed by atoms with van der Waals surface area (Å²) in [6.07, 6.45) is 2.49. The standard InChI is InChI=1S/C15H28N2O3SSi/c1-7-11-8-17(14(21)16-13(11)18)10-19-9-12(15(2,3)4)20-22(5)6/h8,12,22H,7,9-10H2,1-6H3,(H,16,18,21). The average molecular weight is 345 g/mol. The van der Waals surface area contributed by atoms with E-state index in [4.69, 9.17) is 21.4 Å². The van der Waals surface area contributed by atoms with Crippen LogP contribution in [0.5, 0.6) is 0 Å². The molecule has 5 nitrogen and oxygen atoms in total. The normalized spacial score (nSPS) is 13.6. The van der Waals surface area contributed by atoms with Crippen molar-refractivity contribution in [3.8, 4) is 0 Å². The number of rotatable bonds is 7. The molecule has 1 rings (SSSR count). The molecule has 0 saturated carbocycles. The van der Waals surface area contributed by atoms with E-state index in [-0.39, 0.29) is 17.1 Å². The van der Waals surface area contributed by atoms with Crippen LogP contribution < -0.4 is 5.56 Å². The first-order valence-electron chi connectivity index (χ1n) is 7.71. The Morgan fingerprint density at radius 3 is 2.55 bits per heavy atom. The molecule has 126 valence electrons. The van der Waals surface area contributed by atoms with Crippen molar-refractivity contribution in [3.05, 3.63) is 26.9 Å². The summed E-state index contributed by atoms with van der Waals surface area (Å²) in [7, 11) is -1.13. The second-order valence-corrected chi connectivity index (χ2v) is 9.53. The fourth-order valence-electron chi connectivity index (χ4n) is 1.98. The molecule has 0 bridgehead atoms. The van der Waals surface area contributed by atoms with E-state index in [1.807, 2.05) is 6.92 Å². The molecule has 0 spiro atoms. The number of aryl methyl sites for hydroxylation is 1. The lowest BCUT2D eigenvalue weighted by Crippen LogP contribution is -2.37. The number of hydrogen-bond donors (Lipinski definition) is 1. The molecule has 1 N–H and O–H groups in total. The van der Waals surface area contributed by atoms with Crippen LogP contribution in [0.2, 0.25) is 13.1 Å². The first-order chi connectivity index (χ1) is 10.1. The van der Waals surface area contributed by atoms with Crippen molar-refractivity contribution in [1.82, 2.24) is 9.55 Å². The molecule has 0 aliphatic heterocycles.